The largest absolute Gasteiger partial charge is 0.491 e. The number of amides is 1. The minimum Gasteiger partial charge on any atom is -0.491 e. The van der Waals surface area contributed by atoms with E-state index in [2.05, 4.69) is 5.32 Å². The molecule has 1 amide bonds. The first-order chi connectivity index (χ1) is 11.5. The number of carbonyl (C=O) groups is 1. The number of hydrogen-bond donors (Lipinski definition) is 1. The molecule has 0 aliphatic heterocycles. The Hall–Kier alpha value is -1.65. The van der Waals surface area contributed by atoms with Crippen LogP contribution < -0.4 is 10.1 Å². The van der Waals surface area contributed by atoms with Gasteiger partial charge in [0.05, 0.1) is 11.8 Å². The first kappa shape index (κ1) is 18.7. The summed E-state index contributed by atoms with van der Waals surface area (Å²) in [5.41, 5.74) is 2.32. The molecule has 2 aromatic rings. The van der Waals surface area contributed by atoms with E-state index in [9.17, 15) is 4.79 Å². The number of aryl methyl sites for hydroxylation is 1. The molecule has 0 spiro atoms. The average molecular weight is 364 g/mol. The van der Waals surface area contributed by atoms with Crippen molar-refractivity contribution in [2.75, 3.05) is 12.4 Å². The standard InChI is InChI=1S/C19H22ClNO2S/c1-14-6-8-18(9-7-14)23-11-15(2)21-19(22)13-24-12-16-4-3-5-17(20)10-16/h3-10,15H,11-13H2,1-2H3,(H,21,22). The number of halogens is 1. The van der Waals surface area contributed by atoms with Crippen molar-refractivity contribution < 1.29 is 9.53 Å². The number of thioether (sulfide) groups is 1. The number of hydrogen-bond acceptors (Lipinski definition) is 3. The normalized spacial score (nSPS) is 11.8. The molecule has 0 aliphatic carbocycles. The van der Waals surface area contributed by atoms with Gasteiger partial charge >= 0.3 is 0 Å². The smallest absolute Gasteiger partial charge is 0.230 e. The van der Waals surface area contributed by atoms with Crippen LogP contribution in [0.5, 0.6) is 5.75 Å². The quantitative estimate of drug-likeness (QED) is 0.752. The van der Waals surface area contributed by atoms with Gasteiger partial charge in [-0.3, -0.25) is 4.79 Å². The number of benzene rings is 2. The second-order valence-corrected chi connectivity index (χ2v) is 7.14. The monoisotopic (exact) mass is 363 g/mol. The minimum absolute atomic E-state index is 0.0158. The van der Waals surface area contributed by atoms with Gasteiger partial charge in [-0.05, 0) is 43.7 Å². The van der Waals surface area contributed by atoms with Crippen LogP contribution in [0.1, 0.15) is 18.1 Å². The van der Waals surface area contributed by atoms with E-state index in [0.29, 0.717) is 12.4 Å². The third kappa shape index (κ3) is 6.85. The molecule has 5 heteroatoms. The Morgan fingerprint density at radius 1 is 1.25 bits per heavy atom. The maximum Gasteiger partial charge on any atom is 0.230 e. The van der Waals surface area contributed by atoms with E-state index in [1.165, 1.54) is 5.56 Å². The van der Waals surface area contributed by atoms with E-state index in [0.717, 1.165) is 22.1 Å². The lowest BCUT2D eigenvalue weighted by molar-refractivity contribution is -0.119. The Labute approximate surface area is 152 Å². The van der Waals surface area contributed by atoms with Crippen molar-refractivity contribution in [2.24, 2.45) is 0 Å². The molecule has 0 aromatic heterocycles. The summed E-state index contributed by atoms with van der Waals surface area (Å²) in [7, 11) is 0. The van der Waals surface area contributed by atoms with Crippen LogP contribution in [-0.4, -0.2) is 24.3 Å². The highest BCUT2D eigenvalue weighted by Gasteiger charge is 2.08. The Bertz CT molecular complexity index is 661. The van der Waals surface area contributed by atoms with Crippen molar-refractivity contribution in [1.29, 1.82) is 0 Å². The van der Waals surface area contributed by atoms with Crippen LogP contribution in [0.4, 0.5) is 0 Å². The first-order valence-corrected chi connectivity index (χ1v) is 9.37. The molecule has 0 fully saturated rings. The molecule has 1 unspecified atom stereocenters. The van der Waals surface area contributed by atoms with Gasteiger partial charge in [0.1, 0.15) is 12.4 Å². The Morgan fingerprint density at radius 3 is 2.71 bits per heavy atom. The molecule has 24 heavy (non-hydrogen) atoms. The Kier molecular flexibility index (Phi) is 7.47. The molecular weight excluding hydrogens is 342 g/mol. The molecule has 0 saturated carbocycles. The van der Waals surface area contributed by atoms with Crippen LogP contribution in [0, 0.1) is 6.92 Å². The van der Waals surface area contributed by atoms with Crippen molar-refractivity contribution in [2.45, 2.75) is 25.6 Å². The van der Waals surface area contributed by atoms with Crippen molar-refractivity contribution in [3.05, 3.63) is 64.7 Å². The van der Waals surface area contributed by atoms with Gasteiger partial charge in [0.15, 0.2) is 0 Å². The van der Waals surface area contributed by atoms with Crippen molar-refractivity contribution in [3.8, 4) is 5.75 Å². The van der Waals surface area contributed by atoms with Gasteiger partial charge in [0.25, 0.3) is 0 Å². The van der Waals surface area contributed by atoms with Gasteiger partial charge in [0, 0.05) is 10.8 Å². The summed E-state index contributed by atoms with van der Waals surface area (Å²) in [5.74, 6) is 2.02. The highest BCUT2D eigenvalue weighted by molar-refractivity contribution is 7.99. The summed E-state index contributed by atoms with van der Waals surface area (Å²) in [6.45, 7) is 4.43. The Morgan fingerprint density at radius 2 is 2.00 bits per heavy atom. The summed E-state index contributed by atoms with van der Waals surface area (Å²) in [4.78, 5) is 12.0. The lowest BCUT2D eigenvalue weighted by Gasteiger charge is -2.15. The Balaban J connectivity index is 1.65. The lowest BCUT2D eigenvalue weighted by atomic mass is 10.2. The van der Waals surface area contributed by atoms with E-state index in [1.807, 2.05) is 62.4 Å². The number of carbonyl (C=O) groups excluding carboxylic acids is 1. The highest BCUT2D eigenvalue weighted by Crippen LogP contribution is 2.16. The summed E-state index contributed by atoms with van der Waals surface area (Å²) in [6, 6.07) is 15.5. The molecule has 1 N–H and O–H groups in total. The fourth-order valence-electron chi connectivity index (χ4n) is 2.10. The summed E-state index contributed by atoms with van der Waals surface area (Å²) < 4.78 is 5.67. The van der Waals surface area contributed by atoms with E-state index in [-0.39, 0.29) is 11.9 Å². The molecule has 2 aromatic carbocycles. The average Bonchev–Trinajstić information content (AvgIpc) is 2.54. The second kappa shape index (κ2) is 9.60. The molecule has 1 atom stereocenters. The van der Waals surface area contributed by atoms with Gasteiger partial charge in [-0.15, -0.1) is 11.8 Å². The fraction of sp³-hybridized carbons (Fsp3) is 0.316. The third-order valence-electron chi connectivity index (χ3n) is 3.32. The van der Waals surface area contributed by atoms with Gasteiger partial charge in [0.2, 0.25) is 5.91 Å². The minimum atomic E-state index is -0.0365. The van der Waals surface area contributed by atoms with Crippen LogP contribution in [-0.2, 0) is 10.5 Å². The van der Waals surface area contributed by atoms with Gasteiger partial charge in [-0.25, -0.2) is 0 Å². The first-order valence-electron chi connectivity index (χ1n) is 7.84. The summed E-state index contributed by atoms with van der Waals surface area (Å²) >= 11 is 7.52. The van der Waals surface area contributed by atoms with Crippen LogP contribution in [0.15, 0.2) is 48.5 Å². The zero-order valence-electron chi connectivity index (χ0n) is 13.9. The number of rotatable bonds is 8. The molecule has 0 heterocycles. The second-order valence-electron chi connectivity index (χ2n) is 5.72. The van der Waals surface area contributed by atoms with Crippen molar-refractivity contribution in [1.82, 2.24) is 5.32 Å². The zero-order chi connectivity index (χ0) is 17.4. The molecule has 128 valence electrons. The maximum atomic E-state index is 12.0. The number of nitrogens with one attached hydrogen (secondary N) is 1. The molecule has 3 nitrogen and oxygen atoms in total. The van der Waals surface area contributed by atoms with E-state index >= 15 is 0 Å². The summed E-state index contributed by atoms with van der Waals surface area (Å²) in [5, 5.41) is 3.67. The maximum absolute atomic E-state index is 12.0. The van der Waals surface area contributed by atoms with Gasteiger partial charge in [-0.2, -0.15) is 0 Å². The zero-order valence-corrected chi connectivity index (χ0v) is 15.5. The molecule has 0 radical (unpaired) electrons. The third-order valence-corrected chi connectivity index (χ3v) is 4.56. The van der Waals surface area contributed by atoms with E-state index < -0.39 is 0 Å². The van der Waals surface area contributed by atoms with Crippen LogP contribution in [0.2, 0.25) is 5.02 Å². The van der Waals surface area contributed by atoms with Crippen molar-refractivity contribution >= 4 is 29.3 Å². The summed E-state index contributed by atoms with van der Waals surface area (Å²) in [6.07, 6.45) is 0. The topological polar surface area (TPSA) is 38.3 Å². The van der Waals surface area contributed by atoms with Crippen LogP contribution in [0.3, 0.4) is 0 Å². The SMILES string of the molecule is Cc1ccc(OCC(C)NC(=O)CSCc2cccc(Cl)c2)cc1. The number of ether oxygens (including phenoxy) is 1. The highest BCUT2D eigenvalue weighted by atomic mass is 35.5. The molecular formula is C19H22ClNO2S. The predicted octanol–water partition coefficient (Wildman–Crippen LogP) is 4.47. The molecule has 2 rings (SSSR count). The molecule has 0 aliphatic rings. The van der Waals surface area contributed by atoms with Gasteiger partial charge < -0.3 is 10.1 Å². The van der Waals surface area contributed by atoms with Gasteiger partial charge in [-0.1, -0.05) is 41.4 Å². The van der Waals surface area contributed by atoms with E-state index in [1.54, 1.807) is 11.8 Å². The molecule has 0 bridgehead atoms. The van der Waals surface area contributed by atoms with Crippen LogP contribution >= 0.6 is 23.4 Å². The fourth-order valence-corrected chi connectivity index (χ4v) is 3.10. The van der Waals surface area contributed by atoms with Crippen LogP contribution in [0.25, 0.3) is 0 Å². The van der Waals surface area contributed by atoms with Crippen molar-refractivity contribution in [3.63, 3.8) is 0 Å². The lowest BCUT2D eigenvalue weighted by Crippen LogP contribution is -2.37. The predicted molar refractivity (Wildman–Crippen MR) is 102 cm³/mol. The molecule has 0 saturated heterocycles. The van der Waals surface area contributed by atoms with E-state index in [4.69, 9.17) is 16.3 Å².